The fraction of sp³-hybridized carbons (Fsp3) is 0.619. The predicted molar refractivity (Wildman–Crippen MR) is 105 cm³/mol. The number of esters is 1. The lowest BCUT2D eigenvalue weighted by Gasteiger charge is -2.38. The first-order valence-electron chi connectivity index (χ1n) is 9.98. The van der Waals surface area contributed by atoms with E-state index in [4.69, 9.17) is 4.74 Å². The lowest BCUT2D eigenvalue weighted by molar-refractivity contribution is -0.136. The average molecular weight is 373 g/mol. The Bertz CT molecular complexity index is 656. The van der Waals surface area contributed by atoms with Crippen LogP contribution >= 0.6 is 0 Å². The van der Waals surface area contributed by atoms with Crippen LogP contribution < -0.4 is 0 Å². The van der Waals surface area contributed by atoms with Gasteiger partial charge in [-0.1, -0.05) is 12.1 Å². The van der Waals surface area contributed by atoms with Gasteiger partial charge in [0.05, 0.1) is 19.2 Å². The molecular formula is C21H31N3O3. The van der Waals surface area contributed by atoms with E-state index in [1.807, 2.05) is 18.2 Å². The number of piperazine rings is 1. The minimum Gasteiger partial charge on any atom is -0.465 e. The Morgan fingerprint density at radius 3 is 2.52 bits per heavy atom. The van der Waals surface area contributed by atoms with Gasteiger partial charge in [0.1, 0.15) is 0 Å². The molecule has 0 radical (unpaired) electrons. The molecule has 0 saturated carbocycles. The zero-order valence-corrected chi connectivity index (χ0v) is 16.5. The number of rotatable bonds is 5. The molecule has 148 valence electrons. The predicted octanol–water partition coefficient (Wildman–Crippen LogP) is 1.99. The van der Waals surface area contributed by atoms with Crippen LogP contribution in [-0.2, 0) is 16.1 Å². The minimum atomic E-state index is -0.299. The minimum absolute atomic E-state index is 0.279. The Morgan fingerprint density at radius 1 is 1.07 bits per heavy atom. The zero-order valence-electron chi connectivity index (χ0n) is 16.5. The molecule has 2 aliphatic heterocycles. The van der Waals surface area contributed by atoms with E-state index < -0.39 is 0 Å². The monoisotopic (exact) mass is 373 g/mol. The standard InChI is InChI=1S/C21H31N3O3/c1-17-6-3-4-9-24(17)20(25)16-23-12-10-22(11-13-23)15-18-7-5-8-19(14-18)21(26)27-2/h5,7-8,14,17H,3-4,6,9-13,15-16H2,1-2H3. The summed E-state index contributed by atoms with van der Waals surface area (Å²) in [5.41, 5.74) is 1.71. The molecule has 6 heteroatoms. The van der Waals surface area contributed by atoms with E-state index in [0.717, 1.165) is 57.7 Å². The van der Waals surface area contributed by atoms with Gasteiger partial charge in [0.25, 0.3) is 0 Å². The summed E-state index contributed by atoms with van der Waals surface area (Å²) in [6, 6.07) is 8.01. The molecule has 6 nitrogen and oxygen atoms in total. The van der Waals surface area contributed by atoms with Gasteiger partial charge in [-0.25, -0.2) is 4.79 Å². The van der Waals surface area contributed by atoms with Gasteiger partial charge >= 0.3 is 5.97 Å². The van der Waals surface area contributed by atoms with E-state index >= 15 is 0 Å². The van der Waals surface area contributed by atoms with Crippen LogP contribution in [0.1, 0.15) is 42.1 Å². The highest BCUT2D eigenvalue weighted by Crippen LogP contribution is 2.17. The number of carbonyl (C=O) groups excluding carboxylic acids is 2. The molecule has 1 unspecified atom stereocenters. The fourth-order valence-electron chi connectivity index (χ4n) is 4.03. The zero-order chi connectivity index (χ0) is 19.2. The average Bonchev–Trinajstić information content (AvgIpc) is 2.69. The number of hydrogen-bond donors (Lipinski definition) is 0. The molecule has 0 aromatic heterocycles. The fourth-order valence-corrected chi connectivity index (χ4v) is 4.03. The van der Waals surface area contributed by atoms with Gasteiger partial charge in [-0.2, -0.15) is 0 Å². The van der Waals surface area contributed by atoms with Gasteiger partial charge in [0.15, 0.2) is 0 Å². The first kappa shape index (κ1) is 19.8. The van der Waals surface area contributed by atoms with Crippen LogP contribution in [0.25, 0.3) is 0 Å². The maximum absolute atomic E-state index is 12.6. The molecule has 2 fully saturated rings. The van der Waals surface area contributed by atoms with Crippen molar-refractivity contribution in [1.82, 2.24) is 14.7 Å². The first-order chi connectivity index (χ1) is 13.1. The number of ether oxygens (including phenoxy) is 1. The molecule has 0 bridgehead atoms. The van der Waals surface area contributed by atoms with Crippen molar-refractivity contribution in [1.29, 1.82) is 0 Å². The van der Waals surface area contributed by atoms with Crippen molar-refractivity contribution in [3.05, 3.63) is 35.4 Å². The summed E-state index contributed by atoms with van der Waals surface area (Å²) >= 11 is 0. The normalized spacial score (nSPS) is 21.9. The second-order valence-corrected chi connectivity index (χ2v) is 7.68. The van der Waals surface area contributed by atoms with Gasteiger partial charge < -0.3 is 9.64 Å². The molecule has 0 N–H and O–H groups in total. The molecule has 0 aliphatic carbocycles. The third-order valence-electron chi connectivity index (χ3n) is 5.70. The topological polar surface area (TPSA) is 53.1 Å². The second-order valence-electron chi connectivity index (χ2n) is 7.68. The van der Waals surface area contributed by atoms with Crippen molar-refractivity contribution < 1.29 is 14.3 Å². The van der Waals surface area contributed by atoms with Crippen molar-refractivity contribution >= 4 is 11.9 Å². The molecule has 2 aliphatic rings. The Balaban J connectivity index is 1.46. The third-order valence-corrected chi connectivity index (χ3v) is 5.70. The van der Waals surface area contributed by atoms with Crippen LogP contribution in [0, 0.1) is 0 Å². The summed E-state index contributed by atoms with van der Waals surface area (Å²) in [6.45, 7) is 8.12. The number of carbonyl (C=O) groups is 2. The molecular weight excluding hydrogens is 342 g/mol. The quantitative estimate of drug-likeness (QED) is 0.739. The van der Waals surface area contributed by atoms with Gasteiger partial charge in [-0.3, -0.25) is 14.6 Å². The molecule has 0 spiro atoms. The SMILES string of the molecule is COC(=O)c1cccc(CN2CCN(CC(=O)N3CCCCC3C)CC2)c1. The lowest BCUT2D eigenvalue weighted by atomic mass is 10.0. The van der Waals surface area contributed by atoms with Crippen LogP contribution in [0.4, 0.5) is 0 Å². The highest BCUT2D eigenvalue weighted by Gasteiger charge is 2.26. The van der Waals surface area contributed by atoms with Crippen LogP contribution in [0.5, 0.6) is 0 Å². The second kappa shape index (κ2) is 9.33. The van der Waals surface area contributed by atoms with Crippen LogP contribution in [0.2, 0.25) is 0 Å². The summed E-state index contributed by atoms with van der Waals surface area (Å²) in [5, 5.41) is 0. The Morgan fingerprint density at radius 2 is 1.81 bits per heavy atom. The van der Waals surface area contributed by atoms with E-state index in [1.54, 1.807) is 6.07 Å². The maximum Gasteiger partial charge on any atom is 0.337 e. The molecule has 1 aromatic rings. The van der Waals surface area contributed by atoms with E-state index in [2.05, 4.69) is 21.6 Å². The van der Waals surface area contributed by atoms with Crippen molar-refractivity contribution in [2.45, 2.75) is 38.8 Å². The molecule has 27 heavy (non-hydrogen) atoms. The third kappa shape index (κ3) is 5.30. The van der Waals surface area contributed by atoms with Gasteiger partial charge in [-0.15, -0.1) is 0 Å². The number of methoxy groups -OCH3 is 1. The summed E-state index contributed by atoms with van der Waals surface area (Å²) in [6.07, 6.45) is 3.50. The van der Waals surface area contributed by atoms with Crippen molar-refractivity contribution in [2.24, 2.45) is 0 Å². The summed E-state index contributed by atoms with van der Waals surface area (Å²) in [7, 11) is 1.40. The van der Waals surface area contributed by atoms with Crippen molar-refractivity contribution in [3.8, 4) is 0 Å². The van der Waals surface area contributed by atoms with Gasteiger partial charge in [0, 0.05) is 45.3 Å². The van der Waals surface area contributed by atoms with E-state index in [0.29, 0.717) is 18.2 Å². The Kier molecular flexibility index (Phi) is 6.85. The molecule has 1 amide bonds. The summed E-state index contributed by atoms with van der Waals surface area (Å²) in [5.74, 6) is -0.0199. The van der Waals surface area contributed by atoms with E-state index in [9.17, 15) is 9.59 Å². The summed E-state index contributed by atoms with van der Waals surface area (Å²) < 4.78 is 4.79. The smallest absolute Gasteiger partial charge is 0.337 e. The number of benzene rings is 1. The number of piperidine rings is 1. The van der Waals surface area contributed by atoms with Crippen LogP contribution in [0.3, 0.4) is 0 Å². The number of amides is 1. The molecule has 1 atom stereocenters. The number of nitrogens with zero attached hydrogens (tertiary/aromatic N) is 3. The maximum atomic E-state index is 12.6. The molecule has 2 heterocycles. The van der Waals surface area contributed by atoms with Crippen LogP contribution in [-0.4, -0.2) is 79.0 Å². The van der Waals surface area contributed by atoms with Gasteiger partial charge in [0.2, 0.25) is 5.91 Å². The van der Waals surface area contributed by atoms with Crippen molar-refractivity contribution in [3.63, 3.8) is 0 Å². The van der Waals surface area contributed by atoms with Crippen LogP contribution in [0.15, 0.2) is 24.3 Å². The molecule has 1 aromatic carbocycles. The number of hydrogen-bond acceptors (Lipinski definition) is 5. The van der Waals surface area contributed by atoms with Crippen molar-refractivity contribution in [2.75, 3.05) is 46.4 Å². The highest BCUT2D eigenvalue weighted by molar-refractivity contribution is 5.89. The first-order valence-corrected chi connectivity index (χ1v) is 9.98. The van der Waals surface area contributed by atoms with Gasteiger partial charge in [-0.05, 0) is 43.9 Å². The molecule has 3 rings (SSSR count). The largest absolute Gasteiger partial charge is 0.465 e. The molecule has 2 saturated heterocycles. The Labute approximate surface area is 162 Å². The highest BCUT2D eigenvalue weighted by atomic mass is 16.5. The number of likely N-dealkylation sites (tertiary alicyclic amines) is 1. The summed E-state index contributed by atoms with van der Waals surface area (Å²) in [4.78, 5) is 31.0. The lowest BCUT2D eigenvalue weighted by Crippen LogP contribution is -2.51. The Hall–Kier alpha value is -1.92. The van der Waals surface area contributed by atoms with E-state index in [1.165, 1.54) is 13.5 Å². The van der Waals surface area contributed by atoms with E-state index in [-0.39, 0.29) is 11.9 Å².